The SMILES string of the molecule is CCN(c1ccccc1)S(=O)(=O)c1cc(C(=O)OCC(=O)NC2CCCC(C)C2C)ccc1C. The highest BCUT2D eigenvalue weighted by atomic mass is 32.2. The van der Waals surface area contributed by atoms with Crippen LogP contribution in [0.5, 0.6) is 0 Å². The molecule has 3 atom stereocenters. The molecule has 184 valence electrons. The largest absolute Gasteiger partial charge is 0.452 e. The van der Waals surface area contributed by atoms with Crippen LogP contribution in [0.25, 0.3) is 0 Å². The second-order valence-electron chi connectivity index (χ2n) is 9.00. The number of sulfonamides is 1. The summed E-state index contributed by atoms with van der Waals surface area (Å²) < 4.78 is 33.3. The van der Waals surface area contributed by atoms with Gasteiger partial charge in [0.15, 0.2) is 6.61 Å². The predicted octanol–water partition coefficient (Wildman–Crippen LogP) is 4.31. The van der Waals surface area contributed by atoms with Crippen molar-refractivity contribution < 1.29 is 22.7 Å². The van der Waals surface area contributed by atoms with Crippen LogP contribution in [0.4, 0.5) is 5.69 Å². The smallest absolute Gasteiger partial charge is 0.338 e. The van der Waals surface area contributed by atoms with Gasteiger partial charge >= 0.3 is 5.97 Å². The number of carbonyl (C=O) groups is 2. The summed E-state index contributed by atoms with van der Waals surface area (Å²) in [4.78, 5) is 25.1. The maximum absolute atomic E-state index is 13.4. The molecule has 3 rings (SSSR count). The number of amides is 1. The average Bonchev–Trinajstić information content (AvgIpc) is 2.81. The molecule has 0 bridgehead atoms. The van der Waals surface area contributed by atoms with Gasteiger partial charge in [-0.1, -0.05) is 51.0 Å². The molecule has 3 unspecified atom stereocenters. The van der Waals surface area contributed by atoms with Crippen LogP contribution in [0, 0.1) is 18.8 Å². The van der Waals surface area contributed by atoms with Crippen molar-refractivity contribution in [3.63, 3.8) is 0 Å². The number of hydrogen-bond acceptors (Lipinski definition) is 5. The van der Waals surface area contributed by atoms with Crippen molar-refractivity contribution in [2.45, 2.75) is 57.9 Å². The summed E-state index contributed by atoms with van der Waals surface area (Å²) in [6, 6.07) is 13.3. The normalized spacial score (nSPS) is 20.4. The predicted molar refractivity (Wildman–Crippen MR) is 132 cm³/mol. The number of para-hydroxylation sites is 1. The van der Waals surface area contributed by atoms with Crippen LogP contribution in [-0.2, 0) is 19.6 Å². The van der Waals surface area contributed by atoms with Crippen molar-refractivity contribution in [2.24, 2.45) is 11.8 Å². The zero-order valence-electron chi connectivity index (χ0n) is 20.3. The van der Waals surface area contributed by atoms with E-state index >= 15 is 0 Å². The van der Waals surface area contributed by atoms with Crippen LogP contribution in [0.3, 0.4) is 0 Å². The van der Waals surface area contributed by atoms with Crippen molar-refractivity contribution >= 4 is 27.6 Å². The monoisotopic (exact) mass is 486 g/mol. The highest BCUT2D eigenvalue weighted by Gasteiger charge is 2.29. The number of carbonyl (C=O) groups excluding carboxylic acids is 2. The summed E-state index contributed by atoms with van der Waals surface area (Å²) >= 11 is 0. The van der Waals surface area contributed by atoms with Gasteiger partial charge in [-0.3, -0.25) is 9.10 Å². The molecule has 7 nitrogen and oxygen atoms in total. The molecule has 34 heavy (non-hydrogen) atoms. The van der Waals surface area contributed by atoms with Crippen LogP contribution < -0.4 is 9.62 Å². The molecule has 8 heteroatoms. The topological polar surface area (TPSA) is 92.8 Å². The number of aryl methyl sites for hydroxylation is 1. The Morgan fingerprint density at radius 3 is 2.47 bits per heavy atom. The first-order valence-corrected chi connectivity index (χ1v) is 13.2. The first kappa shape index (κ1) is 25.7. The van der Waals surface area contributed by atoms with Gasteiger partial charge < -0.3 is 10.1 Å². The minimum atomic E-state index is -3.91. The summed E-state index contributed by atoms with van der Waals surface area (Å²) in [5.74, 6) is -0.183. The molecule has 0 radical (unpaired) electrons. The van der Waals surface area contributed by atoms with E-state index in [1.54, 1.807) is 44.2 Å². The van der Waals surface area contributed by atoms with Crippen LogP contribution >= 0.6 is 0 Å². The molecule has 1 N–H and O–H groups in total. The summed E-state index contributed by atoms with van der Waals surface area (Å²) in [6.45, 7) is 7.58. The second kappa shape index (κ2) is 11.0. The molecule has 0 aromatic heterocycles. The van der Waals surface area contributed by atoms with E-state index in [-0.39, 0.29) is 29.0 Å². The van der Waals surface area contributed by atoms with Crippen LogP contribution in [-0.4, -0.2) is 39.5 Å². The summed E-state index contributed by atoms with van der Waals surface area (Å²) in [5, 5.41) is 2.97. The first-order chi connectivity index (χ1) is 16.1. The molecule has 0 heterocycles. The number of nitrogens with zero attached hydrogens (tertiary/aromatic N) is 1. The van der Waals surface area contributed by atoms with E-state index in [9.17, 15) is 18.0 Å². The quantitative estimate of drug-likeness (QED) is 0.562. The molecule has 0 saturated heterocycles. The summed E-state index contributed by atoms with van der Waals surface area (Å²) in [6.07, 6.45) is 3.13. The van der Waals surface area contributed by atoms with Gasteiger partial charge in [0.05, 0.1) is 16.1 Å². The second-order valence-corrected chi connectivity index (χ2v) is 10.8. The van der Waals surface area contributed by atoms with Crippen molar-refractivity contribution in [3.05, 3.63) is 59.7 Å². The minimum absolute atomic E-state index is 0.0297. The number of nitrogens with one attached hydrogen (secondary N) is 1. The maximum atomic E-state index is 13.4. The Labute approximate surface area is 202 Å². The Bertz CT molecular complexity index is 1120. The van der Waals surface area contributed by atoms with Gasteiger partial charge in [-0.2, -0.15) is 0 Å². The molecule has 1 aliphatic carbocycles. The number of rotatable bonds is 8. The Hall–Kier alpha value is -2.87. The molecular formula is C26H34N2O5S. The van der Waals surface area contributed by atoms with Crippen molar-refractivity contribution in [1.82, 2.24) is 5.32 Å². The zero-order chi connectivity index (χ0) is 24.9. The highest BCUT2D eigenvalue weighted by molar-refractivity contribution is 7.92. The third-order valence-electron chi connectivity index (χ3n) is 6.71. The van der Waals surface area contributed by atoms with Crippen molar-refractivity contribution in [3.8, 4) is 0 Å². The zero-order valence-corrected chi connectivity index (χ0v) is 21.1. The Morgan fingerprint density at radius 1 is 1.09 bits per heavy atom. The Kier molecular flexibility index (Phi) is 8.36. The molecule has 2 aromatic rings. The summed E-state index contributed by atoms with van der Waals surface area (Å²) in [7, 11) is -3.91. The average molecular weight is 487 g/mol. The molecule has 2 aromatic carbocycles. The number of hydrogen-bond donors (Lipinski definition) is 1. The van der Waals surface area contributed by atoms with Crippen LogP contribution in [0.1, 0.15) is 56.0 Å². The molecule has 0 aliphatic heterocycles. The molecule has 1 saturated carbocycles. The van der Waals surface area contributed by atoms with E-state index in [0.717, 1.165) is 19.3 Å². The van der Waals surface area contributed by atoms with Crippen LogP contribution in [0.2, 0.25) is 0 Å². The van der Waals surface area contributed by atoms with Gasteiger partial charge in [0.25, 0.3) is 15.9 Å². The summed E-state index contributed by atoms with van der Waals surface area (Å²) in [5.41, 5.74) is 1.14. The van der Waals surface area contributed by atoms with Gasteiger partial charge in [-0.05, 0) is 61.9 Å². The van der Waals surface area contributed by atoms with Crippen molar-refractivity contribution in [1.29, 1.82) is 0 Å². The fourth-order valence-electron chi connectivity index (χ4n) is 4.46. The first-order valence-electron chi connectivity index (χ1n) is 11.8. The van der Waals surface area contributed by atoms with Gasteiger partial charge in [0, 0.05) is 12.6 Å². The lowest BCUT2D eigenvalue weighted by Gasteiger charge is -2.34. The van der Waals surface area contributed by atoms with E-state index in [4.69, 9.17) is 4.74 Å². The Morgan fingerprint density at radius 2 is 1.79 bits per heavy atom. The Balaban J connectivity index is 1.71. The number of benzene rings is 2. The van der Waals surface area contributed by atoms with E-state index in [0.29, 0.717) is 23.1 Å². The van der Waals surface area contributed by atoms with Crippen molar-refractivity contribution in [2.75, 3.05) is 17.5 Å². The lowest BCUT2D eigenvalue weighted by atomic mass is 9.78. The number of esters is 1. The maximum Gasteiger partial charge on any atom is 0.338 e. The van der Waals surface area contributed by atoms with Gasteiger partial charge in [-0.25, -0.2) is 13.2 Å². The van der Waals surface area contributed by atoms with E-state index in [1.165, 1.54) is 16.4 Å². The lowest BCUT2D eigenvalue weighted by Crippen LogP contribution is -2.45. The number of anilines is 1. The molecule has 1 amide bonds. The van der Waals surface area contributed by atoms with Crippen LogP contribution in [0.15, 0.2) is 53.4 Å². The molecule has 1 fully saturated rings. The molecular weight excluding hydrogens is 452 g/mol. The van der Waals surface area contributed by atoms with Gasteiger partial charge in [-0.15, -0.1) is 0 Å². The van der Waals surface area contributed by atoms with E-state index < -0.39 is 22.6 Å². The molecule has 0 spiro atoms. The molecule has 1 aliphatic rings. The minimum Gasteiger partial charge on any atom is -0.452 e. The van der Waals surface area contributed by atoms with Gasteiger partial charge in [0.2, 0.25) is 0 Å². The lowest BCUT2D eigenvalue weighted by molar-refractivity contribution is -0.125. The highest BCUT2D eigenvalue weighted by Crippen LogP contribution is 2.29. The third kappa shape index (κ3) is 5.78. The number of ether oxygens (including phenoxy) is 1. The van der Waals surface area contributed by atoms with Gasteiger partial charge in [0.1, 0.15) is 0 Å². The van der Waals surface area contributed by atoms with E-state index in [2.05, 4.69) is 19.2 Å². The third-order valence-corrected chi connectivity index (χ3v) is 8.76. The standard InChI is InChI=1S/C26H34N2O5S/c1-5-28(22-11-7-6-8-12-22)34(31,32)24-16-21(15-14-19(24)3)26(30)33-17-25(29)27-23-13-9-10-18(2)20(23)4/h6-8,11-12,14-16,18,20,23H,5,9-10,13,17H2,1-4H3,(H,27,29). The fourth-order valence-corrected chi connectivity index (χ4v) is 6.19. The van der Waals surface area contributed by atoms with E-state index in [1.807, 2.05) is 6.07 Å². The fraction of sp³-hybridized carbons (Fsp3) is 0.462.